The van der Waals surface area contributed by atoms with E-state index in [0.29, 0.717) is 11.1 Å². The standard InChI is InChI=1S/C15H22BrNO2/c1-10-9-11(5-6-12(10)18)14(19)17-13(7-8-16)15(2,3)4/h5-6,9,13,18H,7-8H2,1-4H3,(H,17,19). The number of rotatable bonds is 4. The van der Waals surface area contributed by atoms with Crippen LogP contribution >= 0.6 is 15.9 Å². The SMILES string of the molecule is Cc1cc(C(=O)NC(CCBr)C(C)(C)C)ccc1O. The molecule has 0 spiro atoms. The summed E-state index contributed by atoms with van der Waals surface area (Å²) in [5, 5.41) is 13.4. The molecule has 0 aliphatic heterocycles. The fourth-order valence-corrected chi connectivity index (χ4v) is 2.33. The zero-order valence-electron chi connectivity index (χ0n) is 12.0. The summed E-state index contributed by atoms with van der Waals surface area (Å²) < 4.78 is 0. The number of hydrogen-bond acceptors (Lipinski definition) is 2. The lowest BCUT2D eigenvalue weighted by molar-refractivity contribution is 0.0900. The second kappa shape index (κ2) is 6.42. The molecule has 0 radical (unpaired) electrons. The Morgan fingerprint density at radius 2 is 2.05 bits per heavy atom. The number of nitrogens with one attached hydrogen (secondary N) is 1. The maximum Gasteiger partial charge on any atom is 0.251 e. The number of aryl methyl sites for hydroxylation is 1. The smallest absolute Gasteiger partial charge is 0.251 e. The maximum atomic E-state index is 12.2. The van der Waals surface area contributed by atoms with Crippen LogP contribution in [0.3, 0.4) is 0 Å². The van der Waals surface area contributed by atoms with Crippen molar-refractivity contribution in [1.82, 2.24) is 5.32 Å². The topological polar surface area (TPSA) is 49.3 Å². The normalized spacial score (nSPS) is 13.1. The first kappa shape index (κ1) is 16.0. The number of hydrogen-bond donors (Lipinski definition) is 2. The summed E-state index contributed by atoms with van der Waals surface area (Å²) in [5.41, 5.74) is 1.30. The van der Waals surface area contributed by atoms with Gasteiger partial charge in [-0.3, -0.25) is 4.79 Å². The Morgan fingerprint density at radius 1 is 1.42 bits per heavy atom. The molecule has 3 nitrogen and oxygen atoms in total. The van der Waals surface area contributed by atoms with Gasteiger partial charge in [0.15, 0.2) is 0 Å². The van der Waals surface area contributed by atoms with Gasteiger partial charge in [-0.1, -0.05) is 36.7 Å². The molecule has 1 aromatic rings. The van der Waals surface area contributed by atoms with E-state index in [1.807, 2.05) is 0 Å². The molecule has 4 heteroatoms. The van der Waals surface area contributed by atoms with E-state index in [-0.39, 0.29) is 23.1 Å². The Hall–Kier alpha value is -1.03. The minimum atomic E-state index is -0.0935. The molecule has 0 saturated heterocycles. The van der Waals surface area contributed by atoms with E-state index in [9.17, 15) is 9.90 Å². The van der Waals surface area contributed by atoms with Gasteiger partial charge in [0.2, 0.25) is 0 Å². The van der Waals surface area contributed by atoms with E-state index >= 15 is 0 Å². The fraction of sp³-hybridized carbons (Fsp3) is 0.533. The zero-order chi connectivity index (χ0) is 14.6. The lowest BCUT2D eigenvalue weighted by atomic mass is 9.85. The highest BCUT2D eigenvalue weighted by molar-refractivity contribution is 9.09. The lowest BCUT2D eigenvalue weighted by Gasteiger charge is -2.31. The highest BCUT2D eigenvalue weighted by atomic mass is 79.9. The summed E-state index contributed by atoms with van der Waals surface area (Å²) in [5.74, 6) is 0.119. The number of amides is 1. The van der Waals surface area contributed by atoms with E-state index in [2.05, 4.69) is 42.0 Å². The van der Waals surface area contributed by atoms with Gasteiger partial charge in [-0.2, -0.15) is 0 Å². The fourth-order valence-electron chi connectivity index (χ4n) is 1.87. The number of phenolic OH excluding ortho intramolecular Hbond substituents is 1. The van der Waals surface area contributed by atoms with Gasteiger partial charge in [0.25, 0.3) is 5.91 Å². The molecule has 2 N–H and O–H groups in total. The van der Waals surface area contributed by atoms with Crippen LogP contribution in [-0.2, 0) is 0 Å². The Kier molecular flexibility index (Phi) is 5.41. The van der Waals surface area contributed by atoms with Gasteiger partial charge in [-0.25, -0.2) is 0 Å². The minimum absolute atomic E-state index is 0.00932. The molecule has 1 rings (SSSR count). The molecule has 1 atom stereocenters. The van der Waals surface area contributed by atoms with Crippen molar-refractivity contribution in [2.75, 3.05) is 5.33 Å². The van der Waals surface area contributed by atoms with Crippen LogP contribution in [0.1, 0.15) is 43.1 Å². The Bertz CT molecular complexity index is 452. The van der Waals surface area contributed by atoms with Gasteiger partial charge in [-0.15, -0.1) is 0 Å². The Labute approximate surface area is 123 Å². The first-order chi connectivity index (χ1) is 8.75. The molecule has 0 aliphatic carbocycles. The molecule has 1 unspecified atom stereocenters. The highest BCUT2D eigenvalue weighted by Gasteiger charge is 2.26. The summed E-state index contributed by atoms with van der Waals surface area (Å²) in [6.45, 7) is 8.12. The van der Waals surface area contributed by atoms with E-state index in [1.54, 1.807) is 25.1 Å². The molecule has 1 amide bonds. The van der Waals surface area contributed by atoms with Gasteiger partial charge in [0.05, 0.1) is 0 Å². The molecule has 106 valence electrons. The van der Waals surface area contributed by atoms with Crippen molar-refractivity contribution in [3.05, 3.63) is 29.3 Å². The molecule has 0 aliphatic rings. The van der Waals surface area contributed by atoms with Crippen molar-refractivity contribution in [1.29, 1.82) is 0 Å². The molecule has 19 heavy (non-hydrogen) atoms. The summed E-state index contributed by atoms with van der Waals surface area (Å²) in [7, 11) is 0. The van der Waals surface area contributed by atoms with Crippen molar-refractivity contribution in [3.63, 3.8) is 0 Å². The Morgan fingerprint density at radius 3 is 2.53 bits per heavy atom. The molecule has 1 aromatic carbocycles. The minimum Gasteiger partial charge on any atom is -0.508 e. The van der Waals surface area contributed by atoms with Gasteiger partial charge < -0.3 is 10.4 Å². The molecular formula is C15H22BrNO2. The summed E-state index contributed by atoms with van der Waals surface area (Å²) in [4.78, 5) is 12.2. The summed E-state index contributed by atoms with van der Waals surface area (Å²) >= 11 is 3.43. The van der Waals surface area contributed by atoms with Crippen molar-refractivity contribution < 1.29 is 9.90 Å². The third-order valence-corrected chi connectivity index (χ3v) is 3.67. The van der Waals surface area contributed by atoms with Gasteiger partial charge in [-0.05, 0) is 42.5 Å². The number of alkyl halides is 1. The first-order valence-electron chi connectivity index (χ1n) is 6.42. The summed E-state index contributed by atoms with van der Waals surface area (Å²) in [6, 6.07) is 5.01. The number of carbonyl (C=O) groups is 1. The lowest BCUT2D eigenvalue weighted by Crippen LogP contribution is -2.44. The first-order valence-corrected chi connectivity index (χ1v) is 7.54. The average molecular weight is 328 g/mol. The van der Waals surface area contributed by atoms with Crippen LogP contribution in [0.5, 0.6) is 5.75 Å². The van der Waals surface area contributed by atoms with E-state index < -0.39 is 0 Å². The number of halogens is 1. The van der Waals surface area contributed by atoms with Crippen molar-refractivity contribution in [2.45, 2.75) is 40.2 Å². The highest BCUT2D eigenvalue weighted by Crippen LogP contribution is 2.23. The van der Waals surface area contributed by atoms with Gasteiger partial charge >= 0.3 is 0 Å². The van der Waals surface area contributed by atoms with Crippen LogP contribution in [0.15, 0.2) is 18.2 Å². The molecule has 0 heterocycles. The molecule has 0 saturated carbocycles. The van der Waals surface area contributed by atoms with Crippen molar-refractivity contribution in [3.8, 4) is 5.75 Å². The molecule has 0 fully saturated rings. The third kappa shape index (κ3) is 4.53. The quantitative estimate of drug-likeness (QED) is 0.829. The Balaban J connectivity index is 2.84. The van der Waals surface area contributed by atoms with Crippen LogP contribution in [0, 0.1) is 12.3 Å². The van der Waals surface area contributed by atoms with Crippen LogP contribution in [-0.4, -0.2) is 22.4 Å². The predicted octanol–water partition coefficient (Wildman–Crippen LogP) is 3.63. The van der Waals surface area contributed by atoms with Crippen LogP contribution in [0.25, 0.3) is 0 Å². The van der Waals surface area contributed by atoms with E-state index in [4.69, 9.17) is 0 Å². The van der Waals surface area contributed by atoms with Crippen LogP contribution < -0.4 is 5.32 Å². The van der Waals surface area contributed by atoms with Crippen molar-refractivity contribution in [2.24, 2.45) is 5.41 Å². The van der Waals surface area contributed by atoms with Crippen LogP contribution in [0.2, 0.25) is 0 Å². The average Bonchev–Trinajstić information content (AvgIpc) is 2.30. The largest absolute Gasteiger partial charge is 0.508 e. The van der Waals surface area contributed by atoms with Gasteiger partial charge in [0, 0.05) is 16.9 Å². The second-order valence-corrected chi connectivity index (χ2v) is 6.66. The van der Waals surface area contributed by atoms with E-state index in [1.165, 1.54) is 0 Å². The number of benzene rings is 1. The summed E-state index contributed by atoms with van der Waals surface area (Å²) in [6.07, 6.45) is 0.881. The number of aromatic hydroxyl groups is 1. The second-order valence-electron chi connectivity index (χ2n) is 5.87. The molecule has 0 bridgehead atoms. The van der Waals surface area contributed by atoms with Crippen molar-refractivity contribution >= 4 is 21.8 Å². The zero-order valence-corrected chi connectivity index (χ0v) is 13.5. The third-order valence-electron chi connectivity index (χ3n) is 3.21. The molecule has 0 aromatic heterocycles. The monoisotopic (exact) mass is 327 g/mol. The van der Waals surface area contributed by atoms with E-state index in [0.717, 1.165) is 11.8 Å². The number of phenols is 1. The maximum absolute atomic E-state index is 12.2. The molecular weight excluding hydrogens is 306 g/mol. The number of carbonyl (C=O) groups excluding carboxylic acids is 1. The van der Waals surface area contributed by atoms with Gasteiger partial charge in [0.1, 0.15) is 5.75 Å². The predicted molar refractivity (Wildman–Crippen MR) is 82.0 cm³/mol. The van der Waals surface area contributed by atoms with Crippen LogP contribution in [0.4, 0.5) is 0 Å².